The Morgan fingerprint density at radius 1 is 1.05 bits per heavy atom. The number of anilines is 2. The van der Waals surface area contributed by atoms with E-state index in [1.807, 2.05) is 42.5 Å². The molecule has 0 heterocycles. The van der Waals surface area contributed by atoms with Crippen LogP contribution in [0.5, 0.6) is 0 Å². The minimum Gasteiger partial charge on any atom is -0.315 e. The molecule has 2 heteroatoms. The standard InChI is InChI=1S/C19H16BrN/c1-3-4-6-9-16(2)21(18-10-7-5-8-11-18)19-14-12-17(20)13-15-19/h1,4-15H,2H3/b6-4-,16-9+. The van der Waals surface area contributed by atoms with Crippen LogP contribution < -0.4 is 4.90 Å². The van der Waals surface area contributed by atoms with Gasteiger partial charge in [-0.1, -0.05) is 46.1 Å². The number of terminal acetylenes is 1. The predicted molar refractivity (Wildman–Crippen MR) is 94.5 cm³/mol. The van der Waals surface area contributed by atoms with E-state index in [9.17, 15) is 0 Å². The summed E-state index contributed by atoms with van der Waals surface area (Å²) in [5.74, 6) is 2.50. The topological polar surface area (TPSA) is 3.24 Å². The van der Waals surface area contributed by atoms with Crippen molar-refractivity contribution in [2.24, 2.45) is 0 Å². The summed E-state index contributed by atoms with van der Waals surface area (Å²) in [4.78, 5) is 2.19. The van der Waals surface area contributed by atoms with Gasteiger partial charge in [0.05, 0.1) is 0 Å². The highest BCUT2D eigenvalue weighted by Crippen LogP contribution is 2.30. The van der Waals surface area contributed by atoms with Gasteiger partial charge in [-0.05, 0) is 55.5 Å². The first-order chi connectivity index (χ1) is 10.2. The first kappa shape index (κ1) is 15.2. The number of benzene rings is 2. The quantitative estimate of drug-likeness (QED) is 0.512. The molecule has 0 spiro atoms. The molecule has 0 saturated heterocycles. The van der Waals surface area contributed by atoms with Crippen LogP contribution >= 0.6 is 15.9 Å². The van der Waals surface area contributed by atoms with Crippen molar-refractivity contribution in [2.45, 2.75) is 6.92 Å². The molecule has 0 unspecified atom stereocenters. The smallest absolute Gasteiger partial charge is 0.0459 e. The molecule has 0 atom stereocenters. The zero-order valence-electron chi connectivity index (χ0n) is 11.8. The van der Waals surface area contributed by atoms with Crippen molar-refractivity contribution in [3.63, 3.8) is 0 Å². The Morgan fingerprint density at radius 3 is 2.29 bits per heavy atom. The monoisotopic (exact) mass is 337 g/mol. The SMILES string of the molecule is C#C/C=C\C=C(/C)N(c1ccccc1)c1ccc(Br)cc1. The van der Waals surface area contributed by atoms with Crippen molar-refractivity contribution >= 4 is 27.3 Å². The Hall–Kier alpha value is -2.24. The number of halogens is 1. The molecule has 0 fully saturated rings. The van der Waals surface area contributed by atoms with Gasteiger partial charge in [0.2, 0.25) is 0 Å². The van der Waals surface area contributed by atoms with Gasteiger partial charge in [-0.2, -0.15) is 0 Å². The molecular formula is C19H16BrN. The second-order valence-corrected chi connectivity index (χ2v) is 5.40. The Balaban J connectivity index is 2.45. The number of allylic oxidation sites excluding steroid dienone is 4. The third-order valence-electron chi connectivity index (χ3n) is 2.98. The van der Waals surface area contributed by atoms with E-state index >= 15 is 0 Å². The van der Waals surface area contributed by atoms with Crippen molar-refractivity contribution in [3.05, 3.63) is 83.0 Å². The Labute approximate surface area is 134 Å². The normalized spacial score (nSPS) is 11.4. The van der Waals surface area contributed by atoms with Gasteiger partial charge in [0, 0.05) is 21.5 Å². The van der Waals surface area contributed by atoms with E-state index in [0.29, 0.717) is 0 Å². The molecule has 0 amide bonds. The summed E-state index contributed by atoms with van der Waals surface area (Å²) in [6.45, 7) is 2.07. The molecule has 104 valence electrons. The van der Waals surface area contributed by atoms with Crippen LogP contribution in [0.2, 0.25) is 0 Å². The molecule has 2 rings (SSSR count). The third-order valence-corrected chi connectivity index (χ3v) is 3.51. The molecule has 0 aliphatic heterocycles. The molecule has 0 radical (unpaired) electrons. The predicted octanol–water partition coefficient (Wildman–Crippen LogP) is 5.68. The minimum atomic E-state index is 1.06. The Kier molecular flexibility index (Phi) is 5.43. The van der Waals surface area contributed by atoms with Gasteiger partial charge in [0.15, 0.2) is 0 Å². The van der Waals surface area contributed by atoms with Crippen LogP contribution in [-0.4, -0.2) is 0 Å². The van der Waals surface area contributed by atoms with E-state index < -0.39 is 0 Å². The zero-order chi connectivity index (χ0) is 15.1. The van der Waals surface area contributed by atoms with Gasteiger partial charge < -0.3 is 4.90 Å². The van der Waals surface area contributed by atoms with Crippen LogP contribution in [0.25, 0.3) is 0 Å². The lowest BCUT2D eigenvalue weighted by atomic mass is 10.2. The van der Waals surface area contributed by atoms with E-state index in [1.165, 1.54) is 0 Å². The summed E-state index contributed by atoms with van der Waals surface area (Å²) in [5.41, 5.74) is 3.31. The van der Waals surface area contributed by atoms with E-state index in [2.05, 4.69) is 57.9 Å². The third kappa shape index (κ3) is 4.11. The number of nitrogens with zero attached hydrogens (tertiary/aromatic N) is 1. The second-order valence-electron chi connectivity index (χ2n) is 4.48. The van der Waals surface area contributed by atoms with Crippen molar-refractivity contribution in [1.29, 1.82) is 0 Å². The van der Waals surface area contributed by atoms with Gasteiger partial charge in [0.25, 0.3) is 0 Å². The summed E-state index contributed by atoms with van der Waals surface area (Å²) in [5, 5.41) is 0. The molecule has 0 aliphatic carbocycles. The van der Waals surface area contributed by atoms with Crippen LogP contribution in [0, 0.1) is 12.3 Å². The molecule has 2 aromatic rings. The zero-order valence-corrected chi connectivity index (χ0v) is 13.4. The van der Waals surface area contributed by atoms with E-state index in [4.69, 9.17) is 6.42 Å². The van der Waals surface area contributed by atoms with Crippen molar-refractivity contribution in [3.8, 4) is 12.3 Å². The van der Waals surface area contributed by atoms with Gasteiger partial charge >= 0.3 is 0 Å². The van der Waals surface area contributed by atoms with E-state index in [1.54, 1.807) is 6.08 Å². The first-order valence-corrected chi connectivity index (χ1v) is 7.42. The molecule has 2 aromatic carbocycles. The molecular weight excluding hydrogens is 322 g/mol. The lowest BCUT2D eigenvalue weighted by Crippen LogP contribution is -2.14. The number of para-hydroxylation sites is 1. The summed E-state index contributed by atoms with van der Waals surface area (Å²) in [6.07, 6.45) is 10.8. The number of hydrogen-bond acceptors (Lipinski definition) is 1. The molecule has 0 N–H and O–H groups in total. The summed E-state index contributed by atoms with van der Waals surface area (Å²) in [6, 6.07) is 18.5. The fraction of sp³-hybridized carbons (Fsp3) is 0.0526. The Bertz CT molecular complexity index is 676. The summed E-state index contributed by atoms with van der Waals surface area (Å²) < 4.78 is 1.06. The van der Waals surface area contributed by atoms with Crippen LogP contribution in [0.15, 0.2) is 83.0 Å². The van der Waals surface area contributed by atoms with Crippen LogP contribution in [0.1, 0.15) is 6.92 Å². The molecule has 0 bridgehead atoms. The lowest BCUT2D eigenvalue weighted by Gasteiger charge is -2.25. The Morgan fingerprint density at radius 2 is 1.67 bits per heavy atom. The summed E-state index contributed by atoms with van der Waals surface area (Å²) in [7, 11) is 0. The highest BCUT2D eigenvalue weighted by Gasteiger charge is 2.10. The van der Waals surface area contributed by atoms with Crippen molar-refractivity contribution < 1.29 is 0 Å². The van der Waals surface area contributed by atoms with Crippen molar-refractivity contribution in [2.75, 3.05) is 4.90 Å². The number of rotatable bonds is 4. The van der Waals surface area contributed by atoms with Crippen LogP contribution in [0.3, 0.4) is 0 Å². The average Bonchev–Trinajstić information content (AvgIpc) is 2.51. The number of hydrogen-bond donors (Lipinski definition) is 0. The van der Waals surface area contributed by atoms with Crippen molar-refractivity contribution in [1.82, 2.24) is 0 Å². The fourth-order valence-corrected chi connectivity index (χ4v) is 2.31. The van der Waals surface area contributed by atoms with Crippen LogP contribution in [-0.2, 0) is 0 Å². The minimum absolute atomic E-state index is 1.06. The molecule has 1 nitrogen and oxygen atoms in total. The van der Waals surface area contributed by atoms with E-state index in [-0.39, 0.29) is 0 Å². The lowest BCUT2D eigenvalue weighted by molar-refractivity contribution is 1.15. The van der Waals surface area contributed by atoms with Gasteiger partial charge in [-0.3, -0.25) is 0 Å². The molecule has 0 aromatic heterocycles. The fourth-order valence-electron chi connectivity index (χ4n) is 2.04. The molecule has 0 aliphatic rings. The van der Waals surface area contributed by atoms with Gasteiger partial charge in [0.1, 0.15) is 0 Å². The summed E-state index contributed by atoms with van der Waals surface area (Å²) >= 11 is 3.47. The largest absolute Gasteiger partial charge is 0.315 e. The first-order valence-electron chi connectivity index (χ1n) is 6.62. The highest BCUT2D eigenvalue weighted by molar-refractivity contribution is 9.10. The van der Waals surface area contributed by atoms with E-state index in [0.717, 1.165) is 21.5 Å². The maximum atomic E-state index is 5.24. The average molecular weight is 338 g/mol. The van der Waals surface area contributed by atoms with Crippen LogP contribution in [0.4, 0.5) is 11.4 Å². The molecule has 21 heavy (non-hydrogen) atoms. The van der Waals surface area contributed by atoms with Gasteiger partial charge in [-0.25, -0.2) is 0 Å². The maximum absolute atomic E-state index is 5.24. The second kappa shape index (κ2) is 7.52. The highest BCUT2D eigenvalue weighted by atomic mass is 79.9. The molecule has 0 saturated carbocycles. The van der Waals surface area contributed by atoms with Gasteiger partial charge in [-0.15, -0.1) is 6.42 Å². The maximum Gasteiger partial charge on any atom is 0.0459 e.